The Kier molecular flexibility index (Phi) is 3.99. The molecule has 0 radical (unpaired) electrons. The molecule has 0 N–H and O–H groups in total. The molecule has 0 aromatic heterocycles. The van der Waals surface area contributed by atoms with Crippen molar-refractivity contribution in [3.05, 3.63) is 10.4 Å². The van der Waals surface area contributed by atoms with Gasteiger partial charge >= 0.3 is 0 Å². The standard InChI is InChI=1S/C17H29N3/c1-2-3-14-4-6-15(7-5-14)16-8-11-17(12-9-16,13-10-16)19-20-18/h14-15H,2-13H2,1H3. The monoisotopic (exact) mass is 275 g/mol. The Balaban J connectivity index is 1.61. The maximum atomic E-state index is 8.78. The number of fused-ring (bicyclic) bond motifs is 3. The molecule has 4 fully saturated rings. The van der Waals surface area contributed by atoms with Gasteiger partial charge in [0.05, 0.1) is 0 Å². The van der Waals surface area contributed by atoms with Crippen LogP contribution in [0.2, 0.25) is 0 Å². The molecule has 112 valence electrons. The van der Waals surface area contributed by atoms with Gasteiger partial charge in [-0.25, -0.2) is 0 Å². The maximum absolute atomic E-state index is 8.78. The molecule has 0 heterocycles. The fraction of sp³-hybridized carbons (Fsp3) is 1.00. The summed E-state index contributed by atoms with van der Waals surface area (Å²) in [6, 6.07) is 0. The third-order valence-electron chi connectivity index (χ3n) is 6.93. The van der Waals surface area contributed by atoms with Gasteiger partial charge < -0.3 is 0 Å². The van der Waals surface area contributed by atoms with Gasteiger partial charge in [-0.15, -0.1) is 0 Å². The van der Waals surface area contributed by atoms with Crippen molar-refractivity contribution >= 4 is 0 Å². The van der Waals surface area contributed by atoms with E-state index in [0.29, 0.717) is 5.41 Å². The Morgan fingerprint density at radius 1 is 1.00 bits per heavy atom. The summed E-state index contributed by atoms with van der Waals surface area (Å²) in [5.74, 6) is 1.99. The summed E-state index contributed by atoms with van der Waals surface area (Å²) in [4.78, 5) is 3.12. The summed E-state index contributed by atoms with van der Waals surface area (Å²) in [6.45, 7) is 2.32. The quantitative estimate of drug-likeness (QED) is 0.343. The first kappa shape index (κ1) is 14.3. The van der Waals surface area contributed by atoms with Crippen LogP contribution in [0.5, 0.6) is 0 Å². The van der Waals surface area contributed by atoms with E-state index in [1.54, 1.807) is 0 Å². The number of hydrogen-bond donors (Lipinski definition) is 0. The third kappa shape index (κ3) is 2.45. The van der Waals surface area contributed by atoms with E-state index < -0.39 is 0 Å². The van der Waals surface area contributed by atoms with E-state index in [2.05, 4.69) is 16.9 Å². The molecule has 0 unspecified atom stereocenters. The second kappa shape index (κ2) is 5.60. The van der Waals surface area contributed by atoms with E-state index in [1.807, 2.05) is 0 Å². The van der Waals surface area contributed by atoms with Gasteiger partial charge in [-0.1, -0.05) is 37.7 Å². The summed E-state index contributed by atoms with van der Waals surface area (Å²) < 4.78 is 0. The first-order valence-corrected chi connectivity index (χ1v) is 8.78. The van der Waals surface area contributed by atoms with Crippen LogP contribution in [0.1, 0.15) is 84.0 Å². The fourth-order valence-electron chi connectivity index (χ4n) is 5.52. The highest BCUT2D eigenvalue weighted by Crippen LogP contribution is 2.60. The van der Waals surface area contributed by atoms with E-state index in [4.69, 9.17) is 5.53 Å². The van der Waals surface area contributed by atoms with Crippen LogP contribution in [0.3, 0.4) is 0 Å². The molecule has 0 saturated heterocycles. The van der Waals surface area contributed by atoms with Crippen molar-refractivity contribution in [2.24, 2.45) is 22.4 Å². The van der Waals surface area contributed by atoms with Gasteiger partial charge in [-0.3, -0.25) is 0 Å². The predicted molar refractivity (Wildman–Crippen MR) is 82.4 cm³/mol. The number of hydrogen-bond acceptors (Lipinski definition) is 1. The van der Waals surface area contributed by atoms with Gasteiger partial charge in [0.2, 0.25) is 0 Å². The largest absolute Gasteiger partial charge is 0.0873 e. The lowest BCUT2D eigenvalue weighted by Gasteiger charge is -2.56. The van der Waals surface area contributed by atoms with Crippen LogP contribution in [-0.4, -0.2) is 5.54 Å². The highest BCUT2D eigenvalue weighted by atomic mass is 15.2. The Labute approximate surface area is 123 Å². The van der Waals surface area contributed by atoms with Gasteiger partial charge in [-0.2, -0.15) is 0 Å². The van der Waals surface area contributed by atoms with Gasteiger partial charge in [0.1, 0.15) is 0 Å². The zero-order valence-corrected chi connectivity index (χ0v) is 13.0. The predicted octanol–water partition coefficient (Wildman–Crippen LogP) is 6.00. The van der Waals surface area contributed by atoms with E-state index in [9.17, 15) is 0 Å². The van der Waals surface area contributed by atoms with Crippen molar-refractivity contribution in [1.82, 2.24) is 0 Å². The lowest BCUT2D eigenvalue weighted by molar-refractivity contribution is -0.0256. The highest BCUT2D eigenvalue weighted by molar-refractivity contribution is 5.06. The zero-order chi connectivity index (χ0) is 14.1. The molecule has 4 aliphatic carbocycles. The number of azide groups is 1. The zero-order valence-electron chi connectivity index (χ0n) is 13.0. The summed E-state index contributed by atoms with van der Waals surface area (Å²) in [7, 11) is 0. The van der Waals surface area contributed by atoms with Crippen LogP contribution < -0.4 is 0 Å². The molecule has 3 heteroatoms. The topological polar surface area (TPSA) is 48.8 Å². The van der Waals surface area contributed by atoms with Gasteiger partial charge in [0.15, 0.2) is 0 Å². The molecule has 2 bridgehead atoms. The van der Waals surface area contributed by atoms with Crippen LogP contribution in [0.25, 0.3) is 10.4 Å². The van der Waals surface area contributed by atoms with Crippen molar-refractivity contribution < 1.29 is 0 Å². The van der Waals surface area contributed by atoms with Crippen molar-refractivity contribution in [2.45, 2.75) is 89.5 Å². The minimum atomic E-state index is 0.00983. The molecule has 4 aliphatic rings. The molecule has 0 aliphatic heterocycles. The van der Waals surface area contributed by atoms with Crippen molar-refractivity contribution in [1.29, 1.82) is 0 Å². The van der Waals surface area contributed by atoms with E-state index in [1.165, 1.54) is 57.8 Å². The number of rotatable bonds is 4. The van der Waals surface area contributed by atoms with Crippen LogP contribution in [-0.2, 0) is 0 Å². The molecule has 0 aromatic carbocycles. The van der Waals surface area contributed by atoms with Crippen LogP contribution in [0.15, 0.2) is 5.11 Å². The van der Waals surface area contributed by atoms with Crippen molar-refractivity contribution in [3.63, 3.8) is 0 Å². The molecule has 4 saturated carbocycles. The SMILES string of the molecule is CCCC1CCC(C23CCC(N=[N+]=[N-])(CC2)CC3)CC1. The van der Waals surface area contributed by atoms with E-state index in [0.717, 1.165) is 31.1 Å². The maximum Gasteiger partial charge on any atom is 0.0489 e. The average molecular weight is 275 g/mol. The second-order valence-corrected chi connectivity index (χ2v) is 7.78. The van der Waals surface area contributed by atoms with Gasteiger partial charge in [0.25, 0.3) is 0 Å². The van der Waals surface area contributed by atoms with Gasteiger partial charge in [-0.05, 0) is 74.1 Å². The van der Waals surface area contributed by atoms with Crippen LogP contribution in [0.4, 0.5) is 0 Å². The normalized spacial score (nSPS) is 44.0. The minimum absolute atomic E-state index is 0.00983. The van der Waals surface area contributed by atoms with Crippen LogP contribution in [0, 0.1) is 17.3 Å². The summed E-state index contributed by atoms with van der Waals surface area (Å²) in [5, 5.41) is 4.16. The molecule has 4 rings (SSSR count). The Hall–Kier alpha value is -0.690. The molecule has 20 heavy (non-hydrogen) atoms. The van der Waals surface area contributed by atoms with Gasteiger partial charge in [0, 0.05) is 10.5 Å². The van der Waals surface area contributed by atoms with Crippen molar-refractivity contribution in [3.8, 4) is 0 Å². The third-order valence-corrected chi connectivity index (χ3v) is 6.93. The highest BCUT2D eigenvalue weighted by Gasteiger charge is 2.51. The molecular formula is C17H29N3. The molecule has 0 amide bonds. The summed E-state index contributed by atoms with van der Waals surface area (Å²) in [6.07, 6.45) is 16.2. The summed E-state index contributed by atoms with van der Waals surface area (Å²) in [5.41, 5.74) is 9.42. The Morgan fingerprint density at radius 2 is 1.60 bits per heavy atom. The first-order valence-electron chi connectivity index (χ1n) is 8.78. The Morgan fingerprint density at radius 3 is 2.10 bits per heavy atom. The summed E-state index contributed by atoms with van der Waals surface area (Å²) >= 11 is 0. The average Bonchev–Trinajstić information content (AvgIpc) is 2.50. The molecule has 3 nitrogen and oxygen atoms in total. The molecule has 0 aromatic rings. The lowest BCUT2D eigenvalue weighted by Crippen LogP contribution is -2.48. The Bertz CT molecular complexity index is 365. The van der Waals surface area contributed by atoms with E-state index >= 15 is 0 Å². The van der Waals surface area contributed by atoms with E-state index in [-0.39, 0.29) is 5.54 Å². The first-order chi connectivity index (χ1) is 9.72. The number of nitrogens with zero attached hydrogens (tertiary/aromatic N) is 3. The second-order valence-electron chi connectivity index (χ2n) is 7.78. The molecule has 0 spiro atoms. The van der Waals surface area contributed by atoms with Crippen molar-refractivity contribution in [2.75, 3.05) is 0 Å². The fourth-order valence-corrected chi connectivity index (χ4v) is 5.52. The molecular weight excluding hydrogens is 246 g/mol. The smallest absolute Gasteiger partial charge is 0.0489 e. The minimum Gasteiger partial charge on any atom is -0.0873 e. The lowest BCUT2D eigenvalue weighted by atomic mass is 9.51. The molecule has 0 atom stereocenters. The van der Waals surface area contributed by atoms with Crippen LogP contribution >= 0.6 is 0 Å².